The Bertz CT molecular complexity index is 1540. The minimum absolute atomic E-state index is 0. The number of hydrogen-bond donors (Lipinski definition) is 2. The van der Waals surface area contributed by atoms with Gasteiger partial charge in [-0.2, -0.15) is 0 Å². The van der Waals surface area contributed by atoms with E-state index in [1.807, 2.05) is 30.9 Å². The van der Waals surface area contributed by atoms with Crippen LogP contribution in [0.5, 0.6) is 5.75 Å². The third-order valence-electron chi connectivity index (χ3n) is 6.96. The van der Waals surface area contributed by atoms with E-state index in [0.717, 1.165) is 58.1 Å². The van der Waals surface area contributed by atoms with Crippen LogP contribution in [0.3, 0.4) is 0 Å². The first-order valence-corrected chi connectivity index (χ1v) is 12.8. The number of ether oxygens (including phenoxy) is 1. The van der Waals surface area contributed by atoms with Gasteiger partial charge in [0.05, 0.1) is 31.9 Å². The van der Waals surface area contributed by atoms with Crippen molar-refractivity contribution in [3.05, 3.63) is 99.6 Å². The van der Waals surface area contributed by atoms with Crippen LogP contribution in [0.1, 0.15) is 23.9 Å². The minimum atomic E-state index is 0. The molecular weight excluding hydrogens is 456 g/mol. The summed E-state index contributed by atoms with van der Waals surface area (Å²) in [6, 6.07) is 12.6. The quantitative estimate of drug-likeness (QED) is 0.419. The summed E-state index contributed by atoms with van der Waals surface area (Å²) in [7, 11) is 1.67. The molecule has 0 amide bonds. The lowest BCUT2D eigenvalue weighted by Gasteiger charge is -2.24. The highest BCUT2D eigenvalue weighted by Crippen LogP contribution is 2.34. The molecule has 1 aliphatic carbocycles. The maximum atomic E-state index is 13.7. The molecule has 35 heavy (non-hydrogen) atoms. The van der Waals surface area contributed by atoms with Gasteiger partial charge in [0.15, 0.2) is 0 Å². The van der Waals surface area contributed by atoms with Crippen LogP contribution in [0.4, 0.5) is 0 Å². The minimum Gasteiger partial charge on any atom is -0.496 e. The molecule has 6 rings (SSSR count). The summed E-state index contributed by atoms with van der Waals surface area (Å²) in [5, 5.41) is 9.77. The fraction of sp³-hybridized carbons (Fsp3) is 0.250. The number of aryl methyl sites for hydroxylation is 1. The lowest BCUT2D eigenvalue weighted by molar-refractivity contribution is 0.409. The van der Waals surface area contributed by atoms with Crippen LogP contribution >= 0.6 is 11.3 Å². The van der Waals surface area contributed by atoms with Crippen LogP contribution in [0.2, 0.25) is 0 Å². The zero-order chi connectivity index (χ0) is 23.8. The summed E-state index contributed by atoms with van der Waals surface area (Å²) in [5.74, 6) is 0.785. The molecule has 0 spiro atoms. The number of dihydropyridines is 1. The van der Waals surface area contributed by atoms with Crippen molar-refractivity contribution in [2.45, 2.75) is 31.8 Å². The molecule has 2 aliphatic rings. The lowest BCUT2D eigenvalue weighted by atomic mass is 9.93. The molecule has 1 unspecified atom stereocenters. The van der Waals surface area contributed by atoms with Crippen LogP contribution in [0.15, 0.2) is 71.4 Å². The molecule has 3 heterocycles. The number of thiophene rings is 1. The molecule has 7 heteroatoms. The van der Waals surface area contributed by atoms with Crippen molar-refractivity contribution in [3.63, 3.8) is 0 Å². The average Bonchev–Trinajstić information content (AvgIpc) is 3.28. The molecule has 179 valence electrons. The highest BCUT2D eigenvalue weighted by Gasteiger charge is 2.25. The Hall–Kier alpha value is -3.42. The summed E-state index contributed by atoms with van der Waals surface area (Å²) >= 11 is 1.67. The number of aromatic nitrogens is 2. The topological polar surface area (TPSA) is 68.2 Å². The second-order valence-corrected chi connectivity index (χ2v) is 10.1. The Morgan fingerprint density at radius 2 is 2.20 bits per heavy atom. The lowest BCUT2D eigenvalue weighted by Crippen LogP contribution is -2.35. The monoisotopic (exact) mass is 485 g/mol. The largest absolute Gasteiger partial charge is 0.496 e. The second-order valence-electron chi connectivity index (χ2n) is 9.06. The van der Waals surface area contributed by atoms with Gasteiger partial charge in [0, 0.05) is 24.5 Å². The normalized spacial score (nSPS) is 17.3. The zero-order valence-electron chi connectivity index (χ0n) is 19.6. The molecule has 2 aromatic heterocycles. The summed E-state index contributed by atoms with van der Waals surface area (Å²) in [5.41, 5.74) is 3.49. The van der Waals surface area contributed by atoms with E-state index in [1.54, 1.807) is 29.3 Å². The van der Waals surface area contributed by atoms with Crippen molar-refractivity contribution in [2.75, 3.05) is 13.7 Å². The third-order valence-corrected chi connectivity index (χ3v) is 8.13. The van der Waals surface area contributed by atoms with Gasteiger partial charge in [0.2, 0.25) is 0 Å². The van der Waals surface area contributed by atoms with Gasteiger partial charge in [-0.1, -0.05) is 36.4 Å². The Kier molecular flexibility index (Phi) is 5.88. The molecule has 1 aliphatic heterocycles. The fourth-order valence-corrected chi connectivity index (χ4v) is 6.39. The zero-order valence-corrected chi connectivity index (χ0v) is 20.4. The molecule has 0 saturated carbocycles. The molecule has 0 bridgehead atoms. The Labute approximate surface area is 209 Å². The third kappa shape index (κ3) is 4.15. The Morgan fingerprint density at radius 1 is 1.29 bits per heavy atom. The standard InChI is InChI=1S/C28H27N4O2S.H2/c1-34-24-9-6-19-4-2-3-5-21(19)23(24)16-32-17-31-27-26(28(32)33)22-8-7-20(14-25(22)35-27)30-15-18-10-12-29-13-11-18;/h2-6,9-13,17,20,29-30H,7-8,14-16H2,1H3;1H. The number of methoxy groups -OCH3 is 1. The fourth-order valence-electron chi connectivity index (χ4n) is 5.13. The molecule has 0 fully saturated rings. The van der Waals surface area contributed by atoms with E-state index in [0.29, 0.717) is 12.6 Å². The SMILES string of the molecule is COc1ccc2ccccc2c1Cn1cnc2sc3c(c2c1=O)CCC(NCC1=C[CH]NC=C1)C3.[HH]. The molecule has 6 nitrogen and oxygen atoms in total. The van der Waals surface area contributed by atoms with Gasteiger partial charge in [-0.15, -0.1) is 11.3 Å². The Balaban J connectivity index is 0.00000267. The molecule has 0 saturated heterocycles. The summed E-state index contributed by atoms with van der Waals surface area (Å²) < 4.78 is 7.39. The maximum absolute atomic E-state index is 13.7. The van der Waals surface area contributed by atoms with Crippen molar-refractivity contribution in [3.8, 4) is 5.75 Å². The van der Waals surface area contributed by atoms with E-state index < -0.39 is 0 Å². The van der Waals surface area contributed by atoms with Crippen molar-refractivity contribution < 1.29 is 6.16 Å². The van der Waals surface area contributed by atoms with Crippen LogP contribution in [-0.2, 0) is 19.4 Å². The average molecular weight is 486 g/mol. The molecule has 4 aromatic rings. The summed E-state index contributed by atoms with van der Waals surface area (Å²) in [6.45, 7) is 3.22. The number of benzene rings is 2. The summed E-state index contributed by atoms with van der Waals surface area (Å²) in [4.78, 5) is 20.5. The first-order valence-electron chi connectivity index (χ1n) is 11.9. The first-order chi connectivity index (χ1) is 17.2. The van der Waals surface area contributed by atoms with E-state index in [9.17, 15) is 4.79 Å². The van der Waals surface area contributed by atoms with Gasteiger partial charge in [-0.3, -0.25) is 9.36 Å². The molecular formula is C28H29N4O2S. The Morgan fingerprint density at radius 3 is 3.06 bits per heavy atom. The molecule has 2 N–H and O–H groups in total. The van der Waals surface area contributed by atoms with Crippen molar-refractivity contribution >= 4 is 32.3 Å². The van der Waals surface area contributed by atoms with Gasteiger partial charge < -0.3 is 15.4 Å². The highest BCUT2D eigenvalue weighted by atomic mass is 32.1. The molecule has 1 radical (unpaired) electrons. The van der Waals surface area contributed by atoms with Crippen molar-refractivity contribution in [1.29, 1.82) is 0 Å². The van der Waals surface area contributed by atoms with Gasteiger partial charge in [-0.05, 0) is 59.5 Å². The maximum Gasteiger partial charge on any atom is 0.262 e. The van der Waals surface area contributed by atoms with Crippen LogP contribution in [0.25, 0.3) is 21.0 Å². The number of rotatable bonds is 6. The van der Waals surface area contributed by atoms with Gasteiger partial charge in [0.1, 0.15) is 10.6 Å². The number of nitrogens with zero attached hydrogens (tertiary/aromatic N) is 2. The van der Waals surface area contributed by atoms with Gasteiger partial charge in [-0.25, -0.2) is 4.98 Å². The van der Waals surface area contributed by atoms with Crippen molar-refractivity contribution in [1.82, 2.24) is 20.2 Å². The predicted octanol–water partition coefficient (Wildman–Crippen LogP) is 4.57. The van der Waals surface area contributed by atoms with Crippen LogP contribution < -0.4 is 20.9 Å². The molecule has 1 atom stereocenters. The smallest absolute Gasteiger partial charge is 0.262 e. The van der Waals surface area contributed by atoms with E-state index in [1.165, 1.54) is 16.0 Å². The number of hydrogen-bond acceptors (Lipinski definition) is 6. The first kappa shape index (κ1) is 22.1. The van der Waals surface area contributed by atoms with Crippen LogP contribution in [-0.4, -0.2) is 29.2 Å². The number of fused-ring (bicyclic) bond motifs is 4. The van der Waals surface area contributed by atoms with Crippen LogP contribution in [0, 0.1) is 6.54 Å². The van der Waals surface area contributed by atoms with E-state index in [2.05, 4.69) is 41.0 Å². The van der Waals surface area contributed by atoms with E-state index in [-0.39, 0.29) is 6.99 Å². The molecule has 2 aromatic carbocycles. The van der Waals surface area contributed by atoms with E-state index in [4.69, 9.17) is 9.72 Å². The van der Waals surface area contributed by atoms with Gasteiger partial charge in [0.25, 0.3) is 5.56 Å². The highest BCUT2D eigenvalue weighted by molar-refractivity contribution is 7.18. The predicted molar refractivity (Wildman–Crippen MR) is 144 cm³/mol. The van der Waals surface area contributed by atoms with E-state index >= 15 is 0 Å². The number of nitrogens with one attached hydrogen (secondary N) is 2. The van der Waals surface area contributed by atoms with Gasteiger partial charge >= 0.3 is 0 Å². The van der Waals surface area contributed by atoms with Crippen molar-refractivity contribution in [2.24, 2.45) is 0 Å². The summed E-state index contributed by atoms with van der Waals surface area (Å²) in [6.07, 6.45) is 10.7. The second kappa shape index (κ2) is 9.32.